The molecule has 3 N–H and O–H groups in total. The Labute approximate surface area is 126 Å². The molecule has 0 saturated heterocycles. The number of nitrogens with one attached hydrogen (secondary N) is 2. The van der Waals surface area contributed by atoms with Crippen molar-refractivity contribution in [3.05, 3.63) is 29.8 Å². The van der Waals surface area contributed by atoms with Gasteiger partial charge in [-0.2, -0.15) is 0 Å². The van der Waals surface area contributed by atoms with Crippen molar-refractivity contribution in [2.75, 3.05) is 13.2 Å². The van der Waals surface area contributed by atoms with Crippen LogP contribution in [0, 0.1) is 6.92 Å². The molecule has 21 heavy (non-hydrogen) atoms. The van der Waals surface area contributed by atoms with Gasteiger partial charge in [0.15, 0.2) is 0 Å². The lowest BCUT2D eigenvalue weighted by Crippen LogP contribution is -2.45. The summed E-state index contributed by atoms with van der Waals surface area (Å²) in [6.45, 7) is 6.54. The van der Waals surface area contributed by atoms with Crippen molar-refractivity contribution in [1.82, 2.24) is 10.6 Å². The highest BCUT2D eigenvalue weighted by molar-refractivity contribution is 5.74. The molecule has 2 unspecified atom stereocenters. The fraction of sp³-hybridized carbons (Fsp3) is 0.562. The zero-order valence-corrected chi connectivity index (χ0v) is 13.1. The van der Waals surface area contributed by atoms with Crippen molar-refractivity contribution >= 4 is 6.03 Å². The van der Waals surface area contributed by atoms with Crippen LogP contribution in [0.5, 0.6) is 5.75 Å². The first kappa shape index (κ1) is 17.3. The van der Waals surface area contributed by atoms with Crippen molar-refractivity contribution in [1.29, 1.82) is 0 Å². The molecule has 0 aromatic heterocycles. The Morgan fingerprint density at radius 2 is 2.19 bits per heavy atom. The molecule has 0 aliphatic carbocycles. The van der Waals surface area contributed by atoms with E-state index in [1.165, 1.54) is 0 Å². The number of aliphatic hydroxyl groups is 1. The third kappa shape index (κ3) is 7.56. The molecule has 5 heteroatoms. The maximum absolute atomic E-state index is 11.6. The molecular formula is C16H26N2O3. The number of urea groups is 1. The monoisotopic (exact) mass is 294 g/mol. The summed E-state index contributed by atoms with van der Waals surface area (Å²) in [5.41, 5.74) is 1.13. The molecule has 0 bridgehead atoms. The predicted molar refractivity (Wildman–Crippen MR) is 83.6 cm³/mol. The SMILES string of the molecule is CCCC(O)CNC(=O)NC(C)COc1cccc(C)c1. The van der Waals surface area contributed by atoms with Gasteiger partial charge < -0.3 is 20.5 Å². The summed E-state index contributed by atoms with van der Waals surface area (Å²) in [5, 5.41) is 15.0. The molecule has 2 atom stereocenters. The molecular weight excluding hydrogens is 268 g/mol. The molecule has 0 aliphatic heterocycles. The minimum Gasteiger partial charge on any atom is -0.491 e. The normalized spacial score (nSPS) is 13.3. The summed E-state index contributed by atoms with van der Waals surface area (Å²) < 4.78 is 5.62. The van der Waals surface area contributed by atoms with Crippen molar-refractivity contribution in [3.63, 3.8) is 0 Å². The summed E-state index contributed by atoms with van der Waals surface area (Å²) in [6, 6.07) is 7.38. The van der Waals surface area contributed by atoms with E-state index in [0.717, 1.165) is 17.7 Å². The summed E-state index contributed by atoms with van der Waals surface area (Å²) in [5.74, 6) is 0.794. The minimum atomic E-state index is -0.486. The van der Waals surface area contributed by atoms with Crippen LogP contribution in [-0.2, 0) is 0 Å². The molecule has 2 amide bonds. The van der Waals surface area contributed by atoms with Gasteiger partial charge >= 0.3 is 6.03 Å². The van der Waals surface area contributed by atoms with Gasteiger partial charge in [-0.15, -0.1) is 0 Å². The van der Waals surface area contributed by atoms with Gasteiger partial charge in [-0.05, 0) is 38.0 Å². The molecule has 118 valence electrons. The highest BCUT2D eigenvalue weighted by atomic mass is 16.5. The van der Waals surface area contributed by atoms with Gasteiger partial charge in [0, 0.05) is 6.54 Å². The number of carbonyl (C=O) groups excluding carboxylic acids is 1. The molecule has 0 fully saturated rings. The van der Waals surface area contributed by atoms with Crippen LogP contribution >= 0.6 is 0 Å². The lowest BCUT2D eigenvalue weighted by Gasteiger charge is -2.17. The van der Waals surface area contributed by atoms with Crippen LogP contribution in [-0.4, -0.2) is 36.4 Å². The maximum Gasteiger partial charge on any atom is 0.315 e. The first-order valence-corrected chi connectivity index (χ1v) is 7.43. The summed E-state index contributed by atoms with van der Waals surface area (Å²) in [7, 11) is 0. The number of ether oxygens (including phenoxy) is 1. The van der Waals surface area contributed by atoms with Gasteiger partial charge in [-0.3, -0.25) is 0 Å². The van der Waals surface area contributed by atoms with E-state index in [-0.39, 0.29) is 18.6 Å². The third-order valence-electron chi connectivity index (χ3n) is 2.99. The number of amides is 2. The van der Waals surface area contributed by atoms with Gasteiger partial charge in [0.2, 0.25) is 0 Å². The van der Waals surface area contributed by atoms with Crippen molar-refractivity contribution in [2.45, 2.75) is 45.8 Å². The highest BCUT2D eigenvalue weighted by Crippen LogP contribution is 2.12. The number of aliphatic hydroxyl groups excluding tert-OH is 1. The number of hydrogen-bond acceptors (Lipinski definition) is 3. The number of rotatable bonds is 8. The minimum absolute atomic E-state index is 0.117. The summed E-state index contributed by atoms with van der Waals surface area (Å²) in [4.78, 5) is 11.6. The van der Waals surface area contributed by atoms with Gasteiger partial charge in [0.25, 0.3) is 0 Å². The van der Waals surface area contributed by atoms with Gasteiger partial charge in [0.05, 0.1) is 12.1 Å². The van der Waals surface area contributed by atoms with E-state index in [9.17, 15) is 9.90 Å². The van der Waals surface area contributed by atoms with Crippen LogP contribution in [0.4, 0.5) is 4.79 Å². The quantitative estimate of drug-likeness (QED) is 0.688. The van der Waals surface area contributed by atoms with E-state index >= 15 is 0 Å². The van der Waals surface area contributed by atoms with Crippen molar-refractivity contribution < 1.29 is 14.6 Å². The molecule has 1 aromatic rings. The fourth-order valence-corrected chi connectivity index (χ4v) is 1.89. The average molecular weight is 294 g/mol. The van der Waals surface area contributed by atoms with Gasteiger partial charge in [-0.25, -0.2) is 4.79 Å². The van der Waals surface area contributed by atoms with Crippen molar-refractivity contribution in [3.8, 4) is 5.75 Å². The highest BCUT2D eigenvalue weighted by Gasteiger charge is 2.09. The number of aryl methyl sites for hydroxylation is 1. The smallest absolute Gasteiger partial charge is 0.315 e. The Hall–Kier alpha value is -1.75. The number of hydrogen-bond donors (Lipinski definition) is 3. The Bertz CT molecular complexity index is 437. The van der Waals surface area contributed by atoms with Crippen molar-refractivity contribution in [2.24, 2.45) is 0 Å². The molecule has 0 aliphatic rings. The molecule has 1 aromatic carbocycles. The molecule has 5 nitrogen and oxygen atoms in total. The summed E-state index contributed by atoms with van der Waals surface area (Å²) in [6.07, 6.45) is 1.09. The fourth-order valence-electron chi connectivity index (χ4n) is 1.89. The van der Waals surface area contributed by atoms with Crippen LogP contribution in [0.1, 0.15) is 32.3 Å². The second kappa shape index (κ2) is 9.23. The van der Waals surface area contributed by atoms with E-state index in [1.54, 1.807) is 0 Å². The van der Waals surface area contributed by atoms with Crippen LogP contribution in [0.2, 0.25) is 0 Å². The van der Waals surface area contributed by atoms with Crippen LogP contribution in [0.15, 0.2) is 24.3 Å². The molecule has 0 radical (unpaired) electrons. The van der Waals surface area contributed by atoms with E-state index in [2.05, 4.69) is 10.6 Å². The Morgan fingerprint density at radius 1 is 1.43 bits per heavy atom. The zero-order valence-electron chi connectivity index (χ0n) is 13.1. The van der Waals surface area contributed by atoms with Gasteiger partial charge in [0.1, 0.15) is 12.4 Å². The lowest BCUT2D eigenvalue weighted by molar-refractivity contribution is 0.159. The van der Waals surface area contributed by atoms with Gasteiger partial charge in [-0.1, -0.05) is 25.5 Å². The Kier molecular flexibility index (Phi) is 7.61. The molecule has 1 rings (SSSR count). The Balaban J connectivity index is 2.23. The largest absolute Gasteiger partial charge is 0.491 e. The predicted octanol–water partition coefficient (Wildman–Crippen LogP) is 2.22. The van der Waals surface area contributed by atoms with E-state index < -0.39 is 6.10 Å². The first-order valence-electron chi connectivity index (χ1n) is 7.43. The third-order valence-corrected chi connectivity index (χ3v) is 2.99. The lowest BCUT2D eigenvalue weighted by atomic mass is 10.2. The molecule has 0 spiro atoms. The van der Waals surface area contributed by atoms with Crippen LogP contribution in [0.25, 0.3) is 0 Å². The molecule has 0 saturated carbocycles. The Morgan fingerprint density at radius 3 is 2.86 bits per heavy atom. The number of carbonyl (C=O) groups is 1. The van der Waals surface area contributed by atoms with E-state index in [4.69, 9.17) is 4.74 Å². The summed E-state index contributed by atoms with van der Waals surface area (Å²) >= 11 is 0. The van der Waals surface area contributed by atoms with E-state index in [0.29, 0.717) is 13.0 Å². The van der Waals surface area contributed by atoms with Crippen LogP contribution in [0.3, 0.4) is 0 Å². The maximum atomic E-state index is 11.6. The first-order chi connectivity index (χ1) is 10.0. The zero-order chi connectivity index (χ0) is 15.7. The number of benzene rings is 1. The van der Waals surface area contributed by atoms with Crippen LogP contribution < -0.4 is 15.4 Å². The topological polar surface area (TPSA) is 70.6 Å². The standard InChI is InChI=1S/C16H26N2O3/c1-4-6-14(19)10-17-16(20)18-13(3)11-21-15-8-5-7-12(2)9-15/h5,7-9,13-14,19H,4,6,10-11H2,1-3H3,(H2,17,18,20). The second-order valence-electron chi connectivity index (χ2n) is 5.33. The average Bonchev–Trinajstić information content (AvgIpc) is 2.43. The second-order valence-corrected chi connectivity index (χ2v) is 5.33. The molecule has 0 heterocycles. The van der Waals surface area contributed by atoms with E-state index in [1.807, 2.05) is 45.0 Å².